The smallest absolute Gasteiger partial charge is 0.243 e. The molecule has 2 aromatic rings. The van der Waals surface area contributed by atoms with Crippen molar-refractivity contribution in [2.75, 3.05) is 64.2 Å². The number of sulfonamides is 1. The van der Waals surface area contributed by atoms with Crippen LogP contribution < -0.4 is 19.7 Å². The van der Waals surface area contributed by atoms with E-state index in [-0.39, 0.29) is 34.6 Å². The molecule has 0 amide bonds. The molecule has 0 bridgehead atoms. The van der Waals surface area contributed by atoms with E-state index in [0.717, 1.165) is 18.4 Å². The van der Waals surface area contributed by atoms with E-state index >= 15 is 0 Å². The summed E-state index contributed by atoms with van der Waals surface area (Å²) in [5.41, 5.74) is 0.394. The van der Waals surface area contributed by atoms with Crippen molar-refractivity contribution in [2.45, 2.75) is 46.8 Å². The van der Waals surface area contributed by atoms with Crippen molar-refractivity contribution in [1.29, 1.82) is 0 Å². The molecule has 2 fully saturated rings. The molecule has 1 spiro atoms. The largest absolute Gasteiger partial charge is 0.491 e. The van der Waals surface area contributed by atoms with E-state index in [1.807, 2.05) is 11.9 Å². The van der Waals surface area contributed by atoms with Crippen LogP contribution in [0.25, 0.3) is 0 Å². The fourth-order valence-electron chi connectivity index (χ4n) is 5.45. The summed E-state index contributed by atoms with van der Waals surface area (Å²) in [5, 5.41) is 13.7. The Labute approximate surface area is 236 Å². The Morgan fingerprint density at radius 1 is 1.10 bits per heavy atom. The van der Waals surface area contributed by atoms with Crippen LogP contribution in [0.1, 0.15) is 19.3 Å². The molecule has 11 nitrogen and oxygen atoms in total. The average Bonchev–Trinajstić information content (AvgIpc) is 3.32. The van der Waals surface area contributed by atoms with E-state index in [0.29, 0.717) is 57.2 Å². The van der Waals surface area contributed by atoms with E-state index in [4.69, 9.17) is 14.2 Å². The van der Waals surface area contributed by atoms with E-state index in [1.165, 1.54) is 16.4 Å². The van der Waals surface area contributed by atoms with E-state index < -0.39 is 26.0 Å². The minimum atomic E-state index is -3.64. The van der Waals surface area contributed by atoms with Crippen molar-refractivity contribution in [3.8, 4) is 11.5 Å². The maximum atomic E-state index is 13.4. The van der Waals surface area contributed by atoms with Gasteiger partial charge in [0.2, 0.25) is 10.0 Å². The third-order valence-corrected chi connectivity index (χ3v) is 10.8. The number of hydrogen-bond acceptors (Lipinski definition) is 10. The predicted octanol–water partition coefficient (Wildman–Crippen LogP) is 1.26. The Morgan fingerprint density at radius 2 is 1.88 bits per heavy atom. The van der Waals surface area contributed by atoms with Crippen molar-refractivity contribution in [3.63, 3.8) is 0 Å². The second kappa shape index (κ2) is 11.5. The van der Waals surface area contributed by atoms with Gasteiger partial charge < -0.3 is 29.5 Å². The lowest BCUT2D eigenvalue weighted by Gasteiger charge is -2.38. The van der Waals surface area contributed by atoms with Crippen molar-refractivity contribution in [3.05, 3.63) is 42.5 Å². The summed E-state index contributed by atoms with van der Waals surface area (Å²) in [7, 11) is -5.06. The maximum Gasteiger partial charge on any atom is 0.243 e. The third kappa shape index (κ3) is 6.39. The van der Waals surface area contributed by atoms with Crippen LogP contribution in [0.4, 0.5) is 5.69 Å². The summed E-state index contributed by atoms with van der Waals surface area (Å²) in [5.74, 6) is 1.07. The highest BCUT2D eigenvalue weighted by atomic mass is 32.2. The molecule has 2 aromatic carbocycles. The number of hydrogen-bond donors (Lipinski definition) is 2. The number of rotatable bonds is 9. The molecule has 3 aliphatic rings. The van der Waals surface area contributed by atoms with Crippen molar-refractivity contribution in [1.82, 2.24) is 9.62 Å². The Balaban J connectivity index is 1.09. The lowest BCUT2D eigenvalue weighted by atomic mass is 9.88. The second-order valence-electron chi connectivity index (χ2n) is 10.8. The molecule has 2 atom stereocenters. The van der Waals surface area contributed by atoms with Gasteiger partial charge in [0, 0.05) is 39.0 Å². The molecule has 0 saturated carbocycles. The standard InChI is InChI=1S/C27H37N3O8S2/c1-29-12-13-36-26-7-6-24(15-25(26)29)40(34,35)30-10-8-27(9-11-30)16-20(18-38-27)28-17-21(31)19-37-22-4-3-5-23(14-22)39(2,32)33/h3-7,14-15,20-21,28,31H,8-13,16-19H2,1-2H3/t20?,21-/m0/s1. The maximum absolute atomic E-state index is 13.4. The number of ether oxygens (including phenoxy) is 3. The molecular formula is C27H37N3O8S2. The summed E-state index contributed by atoms with van der Waals surface area (Å²) in [6, 6.07) is 11.2. The zero-order chi connectivity index (χ0) is 28.5. The number of anilines is 1. The first-order valence-corrected chi connectivity index (χ1v) is 16.7. The Kier molecular flexibility index (Phi) is 8.33. The fraction of sp³-hybridized carbons (Fsp3) is 0.556. The topological polar surface area (TPSA) is 135 Å². The predicted molar refractivity (Wildman–Crippen MR) is 149 cm³/mol. The fourth-order valence-corrected chi connectivity index (χ4v) is 7.56. The van der Waals surface area contributed by atoms with Gasteiger partial charge in [-0.3, -0.25) is 0 Å². The molecule has 13 heteroatoms. The molecular weight excluding hydrogens is 558 g/mol. The normalized spacial score (nSPS) is 22.1. The molecule has 1 unspecified atom stereocenters. The highest BCUT2D eigenvalue weighted by molar-refractivity contribution is 7.90. The van der Waals surface area contributed by atoms with Crippen LogP contribution in [0.5, 0.6) is 11.5 Å². The van der Waals surface area contributed by atoms with Gasteiger partial charge in [-0.1, -0.05) is 6.07 Å². The number of nitrogens with one attached hydrogen (secondary N) is 1. The third-order valence-electron chi connectivity index (χ3n) is 7.82. The molecule has 0 aliphatic carbocycles. The van der Waals surface area contributed by atoms with Crippen LogP contribution in [-0.2, 0) is 24.6 Å². The molecule has 220 valence electrons. The number of likely N-dealkylation sites (N-methyl/N-ethyl adjacent to an activating group) is 1. The molecule has 3 aliphatic heterocycles. The van der Waals surface area contributed by atoms with Crippen molar-refractivity contribution >= 4 is 25.5 Å². The van der Waals surface area contributed by atoms with Gasteiger partial charge in [-0.25, -0.2) is 16.8 Å². The zero-order valence-electron chi connectivity index (χ0n) is 22.8. The van der Waals surface area contributed by atoms with Gasteiger partial charge in [-0.15, -0.1) is 0 Å². The molecule has 5 rings (SSSR count). The Hall–Kier alpha value is -2.42. The van der Waals surface area contributed by atoms with E-state index in [1.54, 1.807) is 30.3 Å². The van der Waals surface area contributed by atoms with Crippen LogP contribution in [0, 0.1) is 0 Å². The number of piperidine rings is 1. The quantitative estimate of drug-likeness (QED) is 0.436. The minimum Gasteiger partial charge on any atom is -0.491 e. The highest BCUT2D eigenvalue weighted by Gasteiger charge is 2.44. The van der Waals surface area contributed by atoms with Crippen LogP contribution in [0.3, 0.4) is 0 Å². The van der Waals surface area contributed by atoms with Gasteiger partial charge in [0.15, 0.2) is 9.84 Å². The molecule has 0 radical (unpaired) electrons. The lowest BCUT2D eigenvalue weighted by molar-refractivity contribution is -0.0312. The monoisotopic (exact) mass is 595 g/mol. The number of aliphatic hydroxyl groups excluding tert-OH is 1. The first kappa shape index (κ1) is 29.1. The number of aliphatic hydroxyl groups is 1. The molecule has 40 heavy (non-hydrogen) atoms. The minimum absolute atomic E-state index is 0.0103. The first-order valence-electron chi connectivity index (χ1n) is 13.4. The van der Waals surface area contributed by atoms with Crippen molar-refractivity contribution < 1.29 is 36.2 Å². The summed E-state index contributed by atoms with van der Waals surface area (Å²) >= 11 is 0. The van der Waals surface area contributed by atoms with Crippen LogP contribution >= 0.6 is 0 Å². The SMILES string of the molecule is CN1CCOc2ccc(S(=O)(=O)N3CCC4(CC3)CC(NC[C@H](O)COc3cccc(S(C)(=O)=O)c3)CO4)cc21. The zero-order valence-corrected chi connectivity index (χ0v) is 24.4. The Morgan fingerprint density at radius 3 is 2.62 bits per heavy atom. The van der Waals surface area contributed by atoms with Crippen LogP contribution in [-0.4, -0.2) is 103 Å². The summed E-state index contributed by atoms with van der Waals surface area (Å²) in [6.45, 7) is 2.81. The van der Waals surface area contributed by atoms with Gasteiger partial charge in [-0.05, 0) is 55.7 Å². The van der Waals surface area contributed by atoms with E-state index in [9.17, 15) is 21.9 Å². The van der Waals surface area contributed by atoms with Gasteiger partial charge in [0.1, 0.15) is 30.8 Å². The highest BCUT2D eigenvalue weighted by Crippen LogP contribution is 2.39. The molecule has 2 N–H and O–H groups in total. The second-order valence-corrected chi connectivity index (χ2v) is 14.8. The number of nitrogens with zero attached hydrogens (tertiary/aromatic N) is 2. The Bertz CT molecular complexity index is 1430. The summed E-state index contributed by atoms with van der Waals surface area (Å²) in [4.78, 5) is 2.43. The number of benzene rings is 2. The summed E-state index contributed by atoms with van der Waals surface area (Å²) in [6.07, 6.45) is 2.26. The number of sulfone groups is 1. The lowest BCUT2D eigenvalue weighted by Crippen LogP contribution is -2.47. The van der Waals surface area contributed by atoms with Gasteiger partial charge in [0.25, 0.3) is 0 Å². The van der Waals surface area contributed by atoms with Gasteiger partial charge in [-0.2, -0.15) is 4.31 Å². The molecule has 0 aromatic heterocycles. The van der Waals surface area contributed by atoms with Gasteiger partial charge >= 0.3 is 0 Å². The first-order chi connectivity index (χ1) is 19.0. The summed E-state index contributed by atoms with van der Waals surface area (Å²) < 4.78 is 69.2. The van der Waals surface area contributed by atoms with Gasteiger partial charge in [0.05, 0.1) is 34.2 Å². The van der Waals surface area contributed by atoms with Crippen LogP contribution in [0.2, 0.25) is 0 Å². The number of fused-ring (bicyclic) bond motifs is 1. The van der Waals surface area contributed by atoms with Crippen molar-refractivity contribution in [2.24, 2.45) is 0 Å². The van der Waals surface area contributed by atoms with Crippen LogP contribution in [0.15, 0.2) is 52.3 Å². The molecule has 2 saturated heterocycles. The average molecular weight is 596 g/mol. The van der Waals surface area contributed by atoms with E-state index in [2.05, 4.69) is 5.32 Å². The molecule has 3 heterocycles.